The van der Waals surface area contributed by atoms with Crippen molar-refractivity contribution in [1.29, 1.82) is 0 Å². The average Bonchev–Trinajstić information content (AvgIpc) is 3.14. The minimum atomic E-state index is -0.0830. The summed E-state index contributed by atoms with van der Waals surface area (Å²) >= 11 is 3.19. The lowest BCUT2D eigenvalue weighted by Crippen LogP contribution is -2.05. The van der Waals surface area contributed by atoms with Gasteiger partial charge in [0.1, 0.15) is 21.9 Å². The van der Waals surface area contributed by atoms with Gasteiger partial charge in [0.2, 0.25) is 5.91 Å². The molecule has 0 spiro atoms. The van der Waals surface area contributed by atoms with Gasteiger partial charge in [0.25, 0.3) is 0 Å². The second kappa shape index (κ2) is 8.00. The monoisotopic (exact) mass is 407 g/mol. The first-order valence-corrected chi connectivity index (χ1v) is 10.3. The van der Waals surface area contributed by atoms with Gasteiger partial charge in [0, 0.05) is 28.5 Å². The molecular formula is C21H17N3O2S2. The van der Waals surface area contributed by atoms with E-state index in [0.717, 1.165) is 42.7 Å². The van der Waals surface area contributed by atoms with Crippen LogP contribution in [0.25, 0.3) is 21.3 Å². The number of aromatic nitrogens is 2. The fraction of sp³-hybridized carbons (Fsp3) is 0.0952. The highest BCUT2D eigenvalue weighted by atomic mass is 32.2. The summed E-state index contributed by atoms with van der Waals surface area (Å²) in [5.41, 5.74) is 2.99. The van der Waals surface area contributed by atoms with Gasteiger partial charge < -0.3 is 10.1 Å². The van der Waals surface area contributed by atoms with Gasteiger partial charge in [0.15, 0.2) is 0 Å². The maximum absolute atomic E-state index is 11.2. The number of amides is 1. The maximum Gasteiger partial charge on any atom is 0.221 e. The van der Waals surface area contributed by atoms with Gasteiger partial charge in [-0.05, 0) is 42.0 Å². The van der Waals surface area contributed by atoms with Crippen LogP contribution in [0.2, 0.25) is 0 Å². The summed E-state index contributed by atoms with van der Waals surface area (Å²) in [6.45, 7) is 1.50. The molecule has 2 heterocycles. The lowest BCUT2D eigenvalue weighted by molar-refractivity contribution is -0.114. The van der Waals surface area contributed by atoms with Crippen LogP contribution in [0.5, 0.6) is 5.75 Å². The number of benzene rings is 2. The number of carbonyl (C=O) groups is 1. The second-order valence-corrected chi connectivity index (χ2v) is 7.96. The molecule has 0 aliphatic carbocycles. The number of hydrogen-bond donors (Lipinski definition) is 1. The standard InChI is InChI=1S/C21H17N3O2S2/c1-13(25)24-15-5-9-17(10-6-15)28-21-19-18(11-27-20(19)22-12-23-21)14-3-7-16(26-2)8-4-14/h3-12H,1-2H3,(H,24,25). The van der Waals surface area contributed by atoms with Crippen LogP contribution in [-0.4, -0.2) is 23.0 Å². The third-order valence-electron chi connectivity index (χ3n) is 4.13. The van der Waals surface area contributed by atoms with Crippen molar-refractivity contribution in [3.8, 4) is 16.9 Å². The molecule has 0 saturated carbocycles. The van der Waals surface area contributed by atoms with Crippen molar-refractivity contribution in [3.63, 3.8) is 0 Å². The van der Waals surface area contributed by atoms with Gasteiger partial charge >= 0.3 is 0 Å². The Morgan fingerprint density at radius 2 is 1.82 bits per heavy atom. The van der Waals surface area contributed by atoms with Crippen molar-refractivity contribution in [1.82, 2.24) is 9.97 Å². The lowest BCUT2D eigenvalue weighted by Gasteiger charge is -2.07. The minimum Gasteiger partial charge on any atom is -0.497 e. The lowest BCUT2D eigenvalue weighted by atomic mass is 10.1. The molecule has 0 radical (unpaired) electrons. The van der Waals surface area contributed by atoms with Crippen LogP contribution in [0.3, 0.4) is 0 Å². The fourth-order valence-electron chi connectivity index (χ4n) is 2.83. The van der Waals surface area contributed by atoms with Crippen molar-refractivity contribution in [2.45, 2.75) is 16.8 Å². The highest BCUT2D eigenvalue weighted by Gasteiger charge is 2.14. The van der Waals surface area contributed by atoms with Crippen LogP contribution in [-0.2, 0) is 4.79 Å². The zero-order valence-electron chi connectivity index (χ0n) is 15.3. The maximum atomic E-state index is 11.2. The van der Waals surface area contributed by atoms with E-state index < -0.39 is 0 Å². The Kier molecular flexibility index (Phi) is 5.27. The zero-order chi connectivity index (χ0) is 19.5. The van der Waals surface area contributed by atoms with Crippen LogP contribution in [0.15, 0.2) is 70.2 Å². The molecule has 140 valence electrons. The number of nitrogens with one attached hydrogen (secondary N) is 1. The van der Waals surface area contributed by atoms with Gasteiger partial charge in [0.05, 0.1) is 12.5 Å². The summed E-state index contributed by atoms with van der Waals surface area (Å²) in [5.74, 6) is 0.744. The first-order chi connectivity index (χ1) is 13.6. The van der Waals surface area contributed by atoms with Gasteiger partial charge in [-0.2, -0.15) is 0 Å². The number of methoxy groups -OCH3 is 1. The molecule has 0 unspecified atom stereocenters. The number of rotatable bonds is 5. The largest absolute Gasteiger partial charge is 0.497 e. The third kappa shape index (κ3) is 3.85. The number of hydrogen-bond acceptors (Lipinski definition) is 6. The Morgan fingerprint density at radius 1 is 1.07 bits per heavy atom. The number of ether oxygens (including phenoxy) is 1. The number of fused-ring (bicyclic) bond motifs is 1. The average molecular weight is 408 g/mol. The molecule has 0 aliphatic heterocycles. The highest BCUT2D eigenvalue weighted by molar-refractivity contribution is 7.99. The molecule has 4 rings (SSSR count). The summed E-state index contributed by atoms with van der Waals surface area (Å²) in [7, 11) is 1.66. The van der Waals surface area contributed by atoms with E-state index in [1.54, 1.807) is 36.5 Å². The van der Waals surface area contributed by atoms with E-state index in [1.807, 2.05) is 48.5 Å². The molecule has 1 N–H and O–H groups in total. The molecule has 2 aromatic carbocycles. The molecule has 0 atom stereocenters. The molecule has 0 bridgehead atoms. The summed E-state index contributed by atoms with van der Waals surface area (Å²) < 4.78 is 5.26. The Morgan fingerprint density at radius 3 is 2.50 bits per heavy atom. The Hall–Kier alpha value is -2.90. The molecule has 5 nitrogen and oxygen atoms in total. The number of thiophene rings is 1. The Balaban J connectivity index is 1.69. The molecular weight excluding hydrogens is 390 g/mol. The number of nitrogens with zero attached hydrogens (tertiary/aromatic N) is 2. The van der Waals surface area contributed by atoms with E-state index in [2.05, 4.69) is 20.7 Å². The van der Waals surface area contributed by atoms with Gasteiger partial charge in [-0.15, -0.1) is 11.3 Å². The van der Waals surface area contributed by atoms with Crippen molar-refractivity contribution in [3.05, 3.63) is 60.2 Å². The normalized spacial score (nSPS) is 10.8. The summed E-state index contributed by atoms with van der Waals surface area (Å²) in [6.07, 6.45) is 1.60. The van der Waals surface area contributed by atoms with Crippen molar-refractivity contribution in [2.75, 3.05) is 12.4 Å². The zero-order valence-corrected chi connectivity index (χ0v) is 16.9. The van der Waals surface area contributed by atoms with Gasteiger partial charge in [-0.3, -0.25) is 4.79 Å². The molecule has 2 aromatic heterocycles. The van der Waals surface area contributed by atoms with Crippen molar-refractivity contribution >= 4 is 44.9 Å². The second-order valence-electron chi connectivity index (χ2n) is 6.04. The topological polar surface area (TPSA) is 64.1 Å². The van der Waals surface area contributed by atoms with Gasteiger partial charge in [-0.25, -0.2) is 9.97 Å². The van der Waals surface area contributed by atoms with Crippen molar-refractivity contribution < 1.29 is 9.53 Å². The molecule has 0 fully saturated rings. The van der Waals surface area contributed by atoms with E-state index in [-0.39, 0.29) is 5.91 Å². The molecule has 7 heteroatoms. The Labute approximate surface area is 170 Å². The third-order valence-corrected chi connectivity index (χ3v) is 6.02. The first-order valence-electron chi connectivity index (χ1n) is 8.56. The predicted molar refractivity (Wildman–Crippen MR) is 114 cm³/mol. The molecule has 4 aromatic rings. The van der Waals surface area contributed by atoms with E-state index in [4.69, 9.17) is 4.74 Å². The Bertz CT molecular complexity index is 1120. The summed E-state index contributed by atoms with van der Waals surface area (Å²) in [6, 6.07) is 15.7. The number of carbonyl (C=O) groups excluding carboxylic acids is 1. The van der Waals surface area contributed by atoms with Crippen LogP contribution in [0, 0.1) is 0 Å². The van der Waals surface area contributed by atoms with Crippen LogP contribution in [0.4, 0.5) is 5.69 Å². The van der Waals surface area contributed by atoms with Crippen LogP contribution >= 0.6 is 23.1 Å². The van der Waals surface area contributed by atoms with Crippen molar-refractivity contribution in [2.24, 2.45) is 0 Å². The van der Waals surface area contributed by atoms with E-state index in [1.165, 1.54) is 6.92 Å². The number of anilines is 1. The quantitative estimate of drug-likeness (QED) is 0.444. The minimum absolute atomic E-state index is 0.0830. The SMILES string of the molecule is COc1ccc(-c2csc3ncnc(Sc4ccc(NC(C)=O)cc4)c23)cc1. The predicted octanol–water partition coefficient (Wildman–Crippen LogP) is 5.48. The fourth-order valence-corrected chi connectivity index (χ4v) is 4.71. The molecule has 28 heavy (non-hydrogen) atoms. The molecule has 0 aliphatic rings. The van der Waals surface area contributed by atoms with Crippen LogP contribution < -0.4 is 10.1 Å². The van der Waals surface area contributed by atoms with E-state index >= 15 is 0 Å². The summed E-state index contributed by atoms with van der Waals surface area (Å²) in [5, 5.41) is 6.85. The highest BCUT2D eigenvalue weighted by Crippen LogP contribution is 2.40. The molecule has 0 saturated heterocycles. The van der Waals surface area contributed by atoms with Crippen LogP contribution in [0.1, 0.15) is 6.92 Å². The van der Waals surface area contributed by atoms with E-state index in [0.29, 0.717) is 0 Å². The molecule has 1 amide bonds. The summed E-state index contributed by atoms with van der Waals surface area (Å²) in [4.78, 5) is 22.1. The first kappa shape index (κ1) is 18.5. The smallest absolute Gasteiger partial charge is 0.221 e. The van der Waals surface area contributed by atoms with Gasteiger partial charge in [-0.1, -0.05) is 23.9 Å². The van der Waals surface area contributed by atoms with E-state index in [9.17, 15) is 4.79 Å².